The van der Waals surface area contributed by atoms with Crippen molar-refractivity contribution in [3.63, 3.8) is 0 Å². The summed E-state index contributed by atoms with van der Waals surface area (Å²) in [5, 5.41) is 9.39. The van der Waals surface area contributed by atoms with Crippen LogP contribution in [0.15, 0.2) is 53.1 Å². The number of ether oxygens (including phenoxy) is 1. The zero-order valence-corrected chi connectivity index (χ0v) is 21.0. The van der Waals surface area contributed by atoms with Crippen molar-refractivity contribution >= 4 is 38.9 Å². The minimum atomic E-state index is -3.96. The fourth-order valence-corrected chi connectivity index (χ4v) is 6.02. The highest BCUT2D eigenvalue weighted by molar-refractivity contribution is 7.89. The number of aromatic carboxylic acids is 1. The highest BCUT2D eigenvalue weighted by Crippen LogP contribution is 2.41. The first-order valence-electron chi connectivity index (χ1n) is 10.8. The largest absolute Gasteiger partial charge is 0.477 e. The number of allylic oxidation sites excluding steroid dienone is 3. The molecule has 1 aliphatic heterocycles. The van der Waals surface area contributed by atoms with E-state index in [1.165, 1.54) is 34.6 Å². The molecule has 0 amide bonds. The van der Waals surface area contributed by atoms with Gasteiger partial charge in [0.05, 0.1) is 29.3 Å². The van der Waals surface area contributed by atoms with Crippen molar-refractivity contribution in [2.24, 2.45) is 0 Å². The summed E-state index contributed by atoms with van der Waals surface area (Å²) in [6.07, 6.45) is 4.03. The Morgan fingerprint density at radius 2 is 1.82 bits per heavy atom. The van der Waals surface area contributed by atoms with Crippen LogP contribution >= 0.6 is 11.3 Å². The van der Waals surface area contributed by atoms with Gasteiger partial charge in [-0.25, -0.2) is 18.0 Å². The fourth-order valence-electron chi connectivity index (χ4n) is 3.42. The zero-order valence-electron chi connectivity index (χ0n) is 19.4. The second-order valence-electron chi connectivity index (χ2n) is 6.74. The second-order valence-corrected chi connectivity index (χ2v) is 9.66. The lowest BCUT2D eigenvalue weighted by molar-refractivity contribution is 0.0525. The van der Waals surface area contributed by atoms with Crippen molar-refractivity contribution in [3.8, 4) is 0 Å². The molecule has 0 radical (unpaired) electrons. The predicted octanol–water partition coefficient (Wildman–Crippen LogP) is 5.55. The molecular formula is C24H29NO6S2. The van der Waals surface area contributed by atoms with Crippen molar-refractivity contribution in [1.29, 1.82) is 0 Å². The monoisotopic (exact) mass is 491 g/mol. The van der Waals surface area contributed by atoms with Crippen LogP contribution in [0.1, 0.15) is 71.5 Å². The number of esters is 1. The summed E-state index contributed by atoms with van der Waals surface area (Å²) in [5.41, 5.74) is 2.23. The Morgan fingerprint density at radius 3 is 2.33 bits per heavy atom. The summed E-state index contributed by atoms with van der Waals surface area (Å²) < 4.78 is 33.3. The van der Waals surface area contributed by atoms with Crippen LogP contribution in [0.5, 0.6) is 0 Å². The molecule has 7 nitrogen and oxygen atoms in total. The minimum absolute atomic E-state index is 0.0320. The fraction of sp³-hybridized carbons (Fsp3) is 0.333. The lowest BCUT2D eigenvalue weighted by atomic mass is 10.0. The van der Waals surface area contributed by atoms with E-state index >= 15 is 0 Å². The smallest absolute Gasteiger partial charge is 0.345 e. The SMILES string of the molecule is C/C=C\C1=C(CC)c2sc(C(=O)O)cc2CN1S(=O)(=O)c1ccc(C(=O)OCC)cc1.CC. The number of rotatable bonds is 7. The number of nitrogens with zero attached hydrogens (tertiary/aromatic N) is 1. The maximum absolute atomic E-state index is 13.5. The van der Waals surface area contributed by atoms with Gasteiger partial charge in [-0.1, -0.05) is 26.8 Å². The maximum Gasteiger partial charge on any atom is 0.345 e. The van der Waals surface area contributed by atoms with Crippen molar-refractivity contribution in [2.45, 2.75) is 52.5 Å². The molecule has 2 heterocycles. The highest BCUT2D eigenvalue weighted by atomic mass is 32.2. The van der Waals surface area contributed by atoms with E-state index in [2.05, 4.69) is 0 Å². The molecule has 178 valence electrons. The number of benzene rings is 1. The molecule has 0 atom stereocenters. The number of hydrogen-bond acceptors (Lipinski definition) is 6. The summed E-state index contributed by atoms with van der Waals surface area (Å²) in [6.45, 7) is 9.66. The van der Waals surface area contributed by atoms with Gasteiger partial charge in [0.15, 0.2) is 0 Å². The number of hydrogen-bond donors (Lipinski definition) is 1. The number of carbonyl (C=O) groups excluding carboxylic acids is 1. The van der Waals surface area contributed by atoms with E-state index in [1.54, 1.807) is 26.0 Å². The number of carboxylic acids is 1. The van der Waals surface area contributed by atoms with Gasteiger partial charge in [-0.05, 0) is 67.8 Å². The van der Waals surface area contributed by atoms with Gasteiger partial charge < -0.3 is 9.84 Å². The van der Waals surface area contributed by atoms with E-state index in [0.717, 1.165) is 21.8 Å². The molecule has 0 saturated carbocycles. The lowest BCUT2D eigenvalue weighted by Crippen LogP contribution is -2.32. The number of thiophene rings is 1. The molecule has 0 unspecified atom stereocenters. The van der Waals surface area contributed by atoms with Crippen LogP contribution in [0.25, 0.3) is 5.57 Å². The quantitative estimate of drug-likeness (QED) is 0.510. The van der Waals surface area contributed by atoms with Crippen LogP contribution in [0.4, 0.5) is 0 Å². The standard InChI is InChI=1S/C22H23NO6S2.C2H6/c1-4-7-18-17(5-2)20-15(12-19(30-20)21(24)25)13-23(18)31(27,28)16-10-8-14(9-11-16)22(26)29-6-3;1-2/h4,7-12H,5-6,13H2,1-3H3,(H,24,25);1-2H3/b7-4-;. The molecule has 0 aliphatic carbocycles. The summed E-state index contributed by atoms with van der Waals surface area (Å²) in [6, 6.07) is 7.15. The summed E-state index contributed by atoms with van der Waals surface area (Å²) in [7, 11) is -3.96. The first kappa shape index (κ1) is 26.3. The Labute approximate surface area is 199 Å². The summed E-state index contributed by atoms with van der Waals surface area (Å²) in [4.78, 5) is 24.4. The molecule has 9 heteroatoms. The first-order chi connectivity index (χ1) is 15.7. The van der Waals surface area contributed by atoms with Gasteiger partial charge in [-0.3, -0.25) is 4.31 Å². The van der Waals surface area contributed by atoms with Crippen LogP contribution < -0.4 is 0 Å². The maximum atomic E-state index is 13.5. The number of sulfonamides is 1. The van der Waals surface area contributed by atoms with Crippen molar-refractivity contribution in [1.82, 2.24) is 4.31 Å². The van der Waals surface area contributed by atoms with E-state index in [-0.39, 0.29) is 28.5 Å². The molecule has 2 aromatic rings. The van der Waals surface area contributed by atoms with Gasteiger partial charge >= 0.3 is 11.9 Å². The van der Waals surface area contributed by atoms with Crippen LogP contribution in [-0.2, 0) is 21.3 Å². The lowest BCUT2D eigenvalue weighted by Gasteiger charge is -2.31. The Balaban J connectivity index is 0.00000187. The second kappa shape index (κ2) is 11.3. The normalized spacial score (nSPS) is 13.4. The molecule has 0 fully saturated rings. The third-order valence-electron chi connectivity index (χ3n) is 4.82. The van der Waals surface area contributed by atoms with Crippen molar-refractivity contribution in [3.05, 3.63) is 69.1 Å². The van der Waals surface area contributed by atoms with E-state index in [0.29, 0.717) is 17.7 Å². The molecule has 1 aromatic carbocycles. The third-order valence-corrected chi connectivity index (χ3v) is 7.82. The molecule has 0 bridgehead atoms. The van der Waals surface area contributed by atoms with Gasteiger partial charge in [0.1, 0.15) is 4.88 Å². The summed E-state index contributed by atoms with van der Waals surface area (Å²) >= 11 is 1.16. The Morgan fingerprint density at radius 1 is 1.18 bits per heavy atom. The third kappa shape index (κ3) is 5.36. The average Bonchev–Trinajstić information content (AvgIpc) is 3.25. The van der Waals surface area contributed by atoms with Gasteiger partial charge in [0.2, 0.25) is 0 Å². The predicted molar refractivity (Wildman–Crippen MR) is 130 cm³/mol. The average molecular weight is 492 g/mol. The molecular weight excluding hydrogens is 462 g/mol. The highest BCUT2D eigenvalue weighted by Gasteiger charge is 2.34. The van der Waals surface area contributed by atoms with Gasteiger partial charge in [0, 0.05) is 4.88 Å². The van der Waals surface area contributed by atoms with Crippen molar-refractivity contribution < 1.29 is 27.9 Å². The molecule has 3 rings (SSSR count). The molecule has 1 N–H and O–H groups in total. The van der Waals surface area contributed by atoms with Gasteiger partial charge in [0.25, 0.3) is 10.0 Å². The van der Waals surface area contributed by atoms with E-state index in [1.807, 2.05) is 20.8 Å². The van der Waals surface area contributed by atoms with Crippen LogP contribution in [0.2, 0.25) is 0 Å². The Kier molecular flexibility index (Phi) is 9.01. The van der Waals surface area contributed by atoms with E-state index in [9.17, 15) is 23.1 Å². The Hall–Kier alpha value is -2.91. The topological polar surface area (TPSA) is 101 Å². The number of carboxylic acid groups (broad SMARTS) is 1. The van der Waals surface area contributed by atoms with Crippen molar-refractivity contribution in [2.75, 3.05) is 6.61 Å². The van der Waals surface area contributed by atoms with Crippen LogP contribution in [0.3, 0.4) is 0 Å². The molecule has 1 aliphatic rings. The van der Waals surface area contributed by atoms with Crippen LogP contribution in [0, 0.1) is 0 Å². The molecule has 33 heavy (non-hydrogen) atoms. The minimum Gasteiger partial charge on any atom is -0.477 e. The number of fused-ring (bicyclic) bond motifs is 1. The van der Waals surface area contributed by atoms with E-state index in [4.69, 9.17) is 4.74 Å². The zero-order chi connectivity index (χ0) is 24.8. The van der Waals surface area contributed by atoms with Crippen LogP contribution in [-0.4, -0.2) is 36.4 Å². The van der Waals surface area contributed by atoms with Gasteiger partial charge in [-0.15, -0.1) is 11.3 Å². The first-order valence-corrected chi connectivity index (χ1v) is 13.0. The summed E-state index contributed by atoms with van der Waals surface area (Å²) in [5.74, 6) is -1.55. The van der Waals surface area contributed by atoms with Gasteiger partial charge in [-0.2, -0.15) is 0 Å². The molecule has 1 aromatic heterocycles. The van der Waals surface area contributed by atoms with E-state index < -0.39 is 22.0 Å². The Bertz CT molecular complexity index is 1170. The molecule has 0 spiro atoms. The molecule has 0 saturated heterocycles. The number of carbonyl (C=O) groups is 2.